The largest absolute Gasteiger partial charge is 0.507 e. The summed E-state index contributed by atoms with van der Waals surface area (Å²) < 4.78 is 4.22. The molecule has 44 heavy (non-hydrogen) atoms. The summed E-state index contributed by atoms with van der Waals surface area (Å²) >= 11 is 0. The van der Waals surface area contributed by atoms with E-state index in [0.717, 1.165) is 56.7 Å². The Morgan fingerprint density at radius 2 is 0.909 bits per heavy atom. The quantitative estimate of drug-likeness (QED) is 0.221. The minimum atomic E-state index is -0.647. The van der Waals surface area contributed by atoms with Crippen LogP contribution in [0.4, 0.5) is 0 Å². The van der Waals surface area contributed by atoms with Crippen LogP contribution >= 0.6 is 0 Å². The standard InChI is InChI=1S/C38H36N4O2/c1-37(2)31-19-11-13-25(33(31)43)21-28-24-42(30-17-9-6-10-18-30)36(40-28)38(3,4)32-20-12-14-26(34(32)44)22-27-23-41(35(37)39-27)29-15-7-5-8-16-29/h5-20,23-24,43-44H,21-22H2,1-4H3. The number of imidazole rings is 2. The second kappa shape index (κ2) is 10.3. The lowest BCUT2D eigenvalue weighted by Crippen LogP contribution is -2.25. The van der Waals surface area contributed by atoms with Crippen LogP contribution in [0.1, 0.15) is 73.0 Å². The normalized spacial score (nSPS) is 15.2. The van der Waals surface area contributed by atoms with E-state index < -0.39 is 10.8 Å². The topological polar surface area (TPSA) is 76.1 Å². The van der Waals surface area contributed by atoms with Gasteiger partial charge in [0.2, 0.25) is 0 Å². The van der Waals surface area contributed by atoms with E-state index in [4.69, 9.17) is 9.97 Å². The Labute approximate surface area is 257 Å². The molecule has 220 valence electrons. The van der Waals surface area contributed by atoms with E-state index in [1.165, 1.54) is 0 Å². The van der Waals surface area contributed by atoms with Crippen LogP contribution in [0.3, 0.4) is 0 Å². The fourth-order valence-corrected chi connectivity index (χ4v) is 6.59. The van der Waals surface area contributed by atoms with E-state index in [9.17, 15) is 10.2 Å². The van der Waals surface area contributed by atoms with Crippen molar-refractivity contribution in [2.45, 2.75) is 51.4 Å². The van der Waals surface area contributed by atoms with Gasteiger partial charge >= 0.3 is 0 Å². The molecule has 4 aromatic carbocycles. The lowest BCUT2D eigenvalue weighted by atomic mass is 9.81. The highest BCUT2D eigenvalue weighted by Crippen LogP contribution is 2.42. The summed E-state index contributed by atoms with van der Waals surface area (Å²) in [6.07, 6.45) is 5.00. The molecule has 1 aliphatic heterocycles. The maximum absolute atomic E-state index is 11.8. The Bertz CT molecular complexity index is 1840. The van der Waals surface area contributed by atoms with Gasteiger partial charge in [-0.15, -0.1) is 0 Å². The van der Waals surface area contributed by atoms with Crippen molar-refractivity contribution in [3.05, 3.63) is 155 Å². The van der Waals surface area contributed by atoms with Gasteiger partial charge in [-0.2, -0.15) is 0 Å². The molecule has 6 aromatic rings. The molecule has 1 aliphatic rings. The summed E-state index contributed by atoms with van der Waals surface area (Å²) in [5.74, 6) is 2.13. The highest BCUT2D eigenvalue weighted by atomic mass is 16.3. The molecule has 0 atom stereocenters. The van der Waals surface area contributed by atoms with E-state index in [1.54, 1.807) is 0 Å². The number of fused-ring (bicyclic) bond motifs is 8. The van der Waals surface area contributed by atoms with Gasteiger partial charge in [-0.3, -0.25) is 0 Å². The molecule has 0 aliphatic carbocycles. The number of aromatic hydroxyl groups is 2. The van der Waals surface area contributed by atoms with Crippen LogP contribution in [-0.4, -0.2) is 29.3 Å². The van der Waals surface area contributed by atoms with E-state index in [2.05, 4.69) is 73.5 Å². The van der Waals surface area contributed by atoms with Crippen molar-refractivity contribution < 1.29 is 10.2 Å². The fourth-order valence-electron chi connectivity index (χ4n) is 6.59. The summed E-state index contributed by atoms with van der Waals surface area (Å²) in [5, 5.41) is 23.6. The average Bonchev–Trinajstić information content (AvgIpc) is 3.65. The number of phenols is 2. The third-order valence-corrected chi connectivity index (χ3v) is 9.03. The van der Waals surface area contributed by atoms with Gasteiger partial charge in [-0.1, -0.05) is 72.8 Å². The minimum Gasteiger partial charge on any atom is -0.507 e. The van der Waals surface area contributed by atoms with Crippen molar-refractivity contribution >= 4 is 0 Å². The zero-order chi connectivity index (χ0) is 30.6. The lowest BCUT2D eigenvalue weighted by Gasteiger charge is -2.28. The van der Waals surface area contributed by atoms with Crippen molar-refractivity contribution in [2.24, 2.45) is 0 Å². The molecule has 2 aromatic heterocycles. The zero-order valence-corrected chi connectivity index (χ0v) is 25.5. The fraction of sp³-hybridized carbons (Fsp3) is 0.211. The Morgan fingerprint density at radius 3 is 1.30 bits per heavy atom. The molecule has 6 heteroatoms. The van der Waals surface area contributed by atoms with E-state index in [1.807, 2.05) is 72.8 Å². The van der Waals surface area contributed by atoms with Crippen LogP contribution in [0.2, 0.25) is 0 Å². The first-order valence-corrected chi connectivity index (χ1v) is 15.1. The van der Waals surface area contributed by atoms with Crippen LogP contribution in [0.15, 0.2) is 109 Å². The van der Waals surface area contributed by atoms with Gasteiger partial charge in [0.15, 0.2) is 0 Å². The summed E-state index contributed by atoms with van der Waals surface area (Å²) in [5.41, 5.74) is 5.53. The van der Waals surface area contributed by atoms with Crippen LogP contribution in [-0.2, 0) is 23.7 Å². The molecule has 0 saturated carbocycles. The third kappa shape index (κ3) is 4.49. The third-order valence-electron chi connectivity index (χ3n) is 9.03. The van der Waals surface area contributed by atoms with Crippen molar-refractivity contribution in [2.75, 3.05) is 0 Å². The van der Waals surface area contributed by atoms with Crippen molar-refractivity contribution in [3.63, 3.8) is 0 Å². The molecule has 6 nitrogen and oxygen atoms in total. The molecule has 0 saturated heterocycles. The van der Waals surface area contributed by atoms with Crippen LogP contribution in [0.25, 0.3) is 11.4 Å². The molecule has 0 spiro atoms. The first kappa shape index (κ1) is 27.7. The minimum absolute atomic E-state index is 0.256. The van der Waals surface area contributed by atoms with E-state index in [-0.39, 0.29) is 11.5 Å². The van der Waals surface area contributed by atoms with Gasteiger partial charge in [0, 0.05) is 58.9 Å². The van der Waals surface area contributed by atoms with Crippen molar-refractivity contribution in [3.8, 4) is 22.9 Å². The highest BCUT2D eigenvalue weighted by molar-refractivity contribution is 5.53. The molecular weight excluding hydrogens is 544 g/mol. The number of hydrogen-bond donors (Lipinski definition) is 2. The molecule has 2 N–H and O–H groups in total. The van der Waals surface area contributed by atoms with Gasteiger partial charge in [-0.05, 0) is 52.0 Å². The van der Waals surface area contributed by atoms with Gasteiger partial charge < -0.3 is 19.3 Å². The summed E-state index contributed by atoms with van der Waals surface area (Å²) in [7, 11) is 0. The first-order valence-electron chi connectivity index (χ1n) is 15.1. The molecule has 0 fully saturated rings. The number of phenolic OH excluding ortho intramolecular Hbond substituents is 2. The van der Waals surface area contributed by atoms with Gasteiger partial charge in [-0.25, -0.2) is 9.97 Å². The van der Waals surface area contributed by atoms with Crippen molar-refractivity contribution in [1.29, 1.82) is 0 Å². The Morgan fingerprint density at radius 1 is 0.523 bits per heavy atom. The molecule has 0 unspecified atom stereocenters. The summed E-state index contributed by atoms with van der Waals surface area (Å²) in [4.78, 5) is 10.4. The Hall–Kier alpha value is -5.10. The van der Waals surface area contributed by atoms with Crippen LogP contribution < -0.4 is 0 Å². The predicted octanol–water partition coefficient (Wildman–Crippen LogP) is 7.62. The van der Waals surface area contributed by atoms with E-state index >= 15 is 0 Å². The number of rotatable bonds is 2. The first-order chi connectivity index (χ1) is 21.1. The number of aromatic nitrogens is 4. The van der Waals surface area contributed by atoms with Crippen LogP contribution in [0, 0.1) is 0 Å². The zero-order valence-electron chi connectivity index (χ0n) is 25.5. The van der Waals surface area contributed by atoms with Crippen LogP contribution in [0.5, 0.6) is 11.5 Å². The summed E-state index contributed by atoms with van der Waals surface area (Å²) in [6.45, 7) is 8.40. The number of para-hydroxylation sites is 4. The molecular formula is C38H36N4O2. The number of hydrogen-bond acceptors (Lipinski definition) is 4. The number of nitrogens with zero attached hydrogens (tertiary/aromatic N) is 4. The Kier molecular flexibility index (Phi) is 6.47. The Balaban J connectivity index is 1.50. The molecule has 8 bridgehead atoms. The lowest BCUT2D eigenvalue weighted by molar-refractivity contribution is 0.440. The molecule has 0 radical (unpaired) electrons. The average molecular weight is 581 g/mol. The smallest absolute Gasteiger partial charge is 0.123 e. The SMILES string of the molecule is CC1(C)c2cccc(c2O)Cc2cn(-c3ccccc3)c(n2)C(C)(C)c2cccc(c2O)Cc2cn(-c3ccccc3)c1n2. The van der Waals surface area contributed by atoms with Gasteiger partial charge in [0.25, 0.3) is 0 Å². The predicted molar refractivity (Wildman–Crippen MR) is 173 cm³/mol. The highest BCUT2D eigenvalue weighted by Gasteiger charge is 2.35. The summed E-state index contributed by atoms with van der Waals surface area (Å²) in [6, 6.07) is 32.2. The van der Waals surface area contributed by atoms with Gasteiger partial charge in [0.1, 0.15) is 23.1 Å². The molecule has 7 rings (SSSR count). The monoisotopic (exact) mass is 580 g/mol. The van der Waals surface area contributed by atoms with Gasteiger partial charge in [0.05, 0.1) is 22.2 Å². The maximum Gasteiger partial charge on any atom is 0.123 e. The second-order valence-corrected chi connectivity index (χ2v) is 12.8. The molecule has 0 amide bonds. The molecule has 3 heterocycles. The number of benzene rings is 4. The van der Waals surface area contributed by atoms with E-state index in [0.29, 0.717) is 12.8 Å². The maximum atomic E-state index is 11.8. The second-order valence-electron chi connectivity index (χ2n) is 12.8. The van der Waals surface area contributed by atoms with Crippen molar-refractivity contribution in [1.82, 2.24) is 19.1 Å².